The third-order valence-corrected chi connectivity index (χ3v) is 4.37. The van der Waals surface area contributed by atoms with Crippen LogP contribution in [0.4, 0.5) is 0 Å². The van der Waals surface area contributed by atoms with Gasteiger partial charge in [0.2, 0.25) is 0 Å². The van der Waals surface area contributed by atoms with Crippen LogP contribution in [0.2, 0.25) is 5.02 Å². The Morgan fingerprint density at radius 3 is 2.65 bits per heavy atom. The number of carbonyl (C=O) groups is 1. The van der Waals surface area contributed by atoms with Crippen LogP contribution in [0.5, 0.6) is 5.75 Å². The fourth-order valence-corrected chi connectivity index (χ4v) is 2.98. The van der Waals surface area contributed by atoms with Crippen molar-refractivity contribution in [3.63, 3.8) is 0 Å². The molecule has 1 heterocycles. The summed E-state index contributed by atoms with van der Waals surface area (Å²) >= 11 is 6.17. The maximum atomic E-state index is 11.9. The SMILES string of the molecule is CN(C)C(=O)c1ccc(OCCCC2CCNCC2)cc1Cl.Cl. The van der Waals surface area contributed by atoms with Gasteiger partial charge in [0, 0.05) is 14.1 Å². The van der Waals surface area contributed by atoms with E-state index < -0.39 is 0 Å². The molecule has 1 amide bonds. The van der Waals surface area contributed by atoms with E-state index in [1.54, 1.807) is 26.2 Å². The van der Waals surface area contributed by atoms with Gasteiger partial charge < -0.3 is 15.0 Å². The summed E-state index contributed by atoms with van der Waals surface area (Å²) in [5.41, 5.74) is 0.508. The van der Waals surface area contributed by atoms with Crippen molar-refractivity contribution in [2.45, 2.75) is 25.7 Å². The van der Waals surface area contributed by atoms with Crippen molar-refractivity contribution >= 4 is 29.9 Å². The molecule has 2 rings (SSSR count). The number of carbonyl (C=O) groups excluding carboxylic acids is 1. The van der Waals surface area contributed by atoms with Gasteiger partial charge in [-0.3, -0.25) is 4.79 Å². The molecule has 23 heavy (non-hydrogen) atoms. The molecule has 0 atom stereocenters. The van der Waals surface area contributed by atoms with Crippen molar-refractivity contribution in [2.75, 3.05) is 33.8 Å². The Kier molecular flexibility index (Phi) is 8.74. The molecule has 130 valence electrons. The number of ether oxygens (including phenoxy) is 1. The third kappa shape index (κ3) is 6.21. The molecule has 0 bridgehead atoms. The molecule has 1 aromatic rings. The average molecular weight is 361 g/mol. The number of amides is 1. The number of nitrogens with zero attached hydrogens (tertiary/aromatic N) is 1. The summed E-state index contributed by atoms with van der Waals surface area (Å²) in [7, 11) is 3.42. The zero-order valence-corrected chi connectivity index (χ0v) is 15.4. The van der Waals surface area contributed by atoms with E-state index in [0.29, 0.717) is 17.2 Å². The first-order chi connectivity index (χ1) is 10.6. The number of benzene rings is 1. The molecule has 4 nitrogen and oxygen atoms in total. The largest absolute Gasteiger partial charge is 0.494 e. The second kappa shape index (κ2) is 10.0. The molecule has 1 aromatic carbocycles. The summed E-state index contributed by atoms with van der Waals surface area (Å²) in [6.45, 7) is 2.98. The lowest BCUT2D eigenvalue weighted by Gasteiger charge is -2.22. The molecule has 1 aliphatic heterocycles. The molecule has 6 heteroatoms. The van der Waals surface area contributed by atoms with Crippen LogP contribution in [0.25, 0.3) is 0 Å². The van der Waals surface area contributed by atoms with Crippen LogP contribution in [-0.4, -0.2) is 44.6 Å². The zero-order valence-electron chi connectivity index (χ0n) is 13.8. The van der Waals surface area contributed by atoms with Crippen molar-refractivity contribution in [1.82, 2.24) is 10.2 Å². The fourth-order valence-electron chi connectivity index (χ4n) is 2.73. The van der Waals surface area contributed by atoms with E-state index in [1.165, 1.54) is 24.2 Å². The highest BCUT2D eigenvalue weighted by atomic mass is 35.5. The fraction of sp³-hybridized carbons (Fsp3) is 0.588. The Bertz CT molecular complexity index is 503. The monoisotopic (exact) mass is 360 g/mol. The predicted molar refractivity (Wildman–Crippen MR) is 97.0 cm³/mol. The number of halogens is 2. The van der Waals surface area contributed by atoms with Gasteiger partial charge in [0.25, 0.3) is 5.91 Å². The van der Waals surface area contributed by atoms with Crippen LogP contribution in [0.1, 0.15) is 36.0 Å². The number of piperidine rings is 1. The van der Waals surface area contributed by atoms with Gasteiger partial charge >= 0.3 is 0 Å². The maximum Gasteiger partial charge on any atom is 0.254 e. The number of hydrogen-bond acceptors (Lipinski definition) is 3. The highest BCUT2D eigenvalue weighted by Gasteiger charge is 2.14. The van der Waals surface area contributed by atoms with Crippen LogP contribution in [0.15, 0.2) is 18.2 Å². The first kappa shape index (κ1) is 20.1. The molecule has 0 unspecified atom stereocenters. The summed E-state index contributed by atoms with van der Waals surface area (Å²) in [4.78, 5) is 13.4. The molecule has 1 N–H and O–H groups in total. The topological polar surface area (TPSA) is 41.6 Å². The van der Waals surface area contributed by atoms with E-state index in [-0.39, 0.29) is 18.3 Å². The standard InChI is InChI=1S/C17H25ClN2O2.ClH/c1-20(2)17(21)15-6-5-14(12-16(15)18)22-11-3-4-13-7-9-19-10-8-13;/h5-6,12-13,19H,3-4,7-11H2,1-2H3;1H. The first-order valence-corrected chi connectivity index (χ1v) is 8.30. The minimum atomic E-state index is -0.0949. The zero-order chi connectivity index (χ0) is 15.9. The number of rotatable bonds is 6. The van der Waals surface area contributed by atoms with Crippen LogP contribution < -0.4 is 10.1 Å². The molecule has 1 aliphatic rings. The Hall–Kier alpha value is -0.970. The Balaban J connectivity index is 0.00000264. The van der Waals surface area contributed by atoms with Gasteiger partial charge in [-0.1, -0.05) is 11.6 Å². The number of hydrogen-bond donors (Lipinski definition) is 1. The summed E-state index contributed by atoms with van der Waals surface area (Å²) < 4.78 is 5.75. The molecule has 0 spiro atoms. The normalized spacial score (nSPS) is 14.9. The van der Waals surface area contributed by atoms with Crippen LogP contribution in [-0.2, 0) is 0 Å². The van der Waals surface area contributed by atoms with Crippen molar-refractivity contribution < 1.29 is 9.53 Å². The second-order valence-corrected chi connectivity index (χ2v) is 6.43. The van der Waals surface area contributed by atoms with Gasteiger partial charge in [0.05, 0.1) is 17.2 Å². The molecule has 0 aromatic heterocycles. The van der Waals surface area contributed by atoms with E-state index in [2.05, 4.69) is 5.32 Å². The van der Waals surface area contributed by atoms with Gasteiger partial charge in [-0.25, -0.2) is 0 Å². The molecule has 0 aliphatic carbocycles. The van der Waals surface area contributed by atoms with Crippen LogP contribution in [0.3, 0.4) is 0 Å². The lowest BCUT2D eigenvalue weighted by atomic mass is 9.93. The van der Waals surface area contributed by atoms with E-state index in [4.69, 9.17) is 16.3 Å². The van der Waals surface area contributed by atoms with Gasteiger partial charge in [0.15, 0.2) is 0 Å². The van der Waals surface area contributed by atoms with Gasteiger partial charge in [-0.2, -0.15) is 0 Å². The lowest BCUT2D eigenvalue weighted by Crippen LogP contribution is -2.27. The van der Waals surface area contributed by atoms with Crippen molar-refractivity contribution in [1.29, 1.82) is 0 Å². The van der Waals surface area contributed by atoms with Gasteiger partial charge in [0.1, 0.15) is 5.75 Å². The Morgan fingerprint density at radius 1 is 1.35 bits per heavy atom. The van der Waals surface area contributed by atoms with E-state index in [1.807, 2.05) is 6.07 Å². The lowest BCUT2D eigenvalue weighted by molar-refractivity contribution is 0.0827. The average Bonchev–Trinajstić information content (AvgIpc) is 2.52. The van der Waals surface area contributed by atoms with E-state index >= 15 is 0 Å². The van der Waals surface area contributed by atoms with Gasteiger partial charge in [-0.05, 0) is 62.9 Å². The van der Waals surface area contributed by atoms with E-state index in [9.17, 15) is 4.79 Å². The maximum absolute atomic E-state index is 11.9. The summed E-state index contributed by atoms with van der Waals surface area (Å²) in [6.07, 6.45) is 4.81. The van der Waals surface area contributed by atoms with Gasteiger partial charge in [-0.15, -0.1) is 12.4 Å². The van der Waals surface area contributed by atoms with Crippen molar-refractivity contribution in [3.05, 3.63) is 28.8 Å². The minimum Gasteiger partial charge on any atom is -0.494 e. The summed E-state index contributed by atoms with van der Waals surface area (Å²) in [5.74, 6) is 1.46. The summed E-state index contributed by atoms with van der Waals surface area (Å²) in [5, 5.41) is 3.82. The van der Waals surface area contributed by atoms with E-state index in [0.717, 1.165) is 31.2 Å². The van der Waals surface area contributed by atoms with Crippen molar-refractivity contribution in [3.8, 4) is 5.75 Å². The first-order valence-electron chi connectivity index (χ1n) is 7.92. The summed E-state index contributed by atoms with van der Waals surface area (Å²) in [6, 6.07) is 5.27. The molecule has 1 saturated heterocycles. The minimum absolute atomic E-state index is 0. The predicted octanol–water partition coefficient (Wildman–Crippen LogP) is 3.62. The second-order valence-electron chi connectivity index (χ2n) is 6.03. The van der Waals surface area contributed by atoms with Crippen LogP contribution >= 0.6 is 24.0 Å². The Morgan fingerprint density at radius 2 is 2.04 bits per heavy atom. The molecule has 0 radical (unpaired) electrons. The smallest absolute Gasteiger partial charge is 0.254 e. The highest BCUT2D eigenvalue weighted by Crippen LogP contribution is 2.24. The molecular weight excluding hydrogens is 335 g/mol. The number of nitrogens with one attached hydrogen (secondary N) is 1. The van der Waals surface area contributed by atoms with Crippen molar-refractivity contribution in [2.24, 2.45) is 5.92 Å². The van der Waals surface area contributed by atoms with Crippen LogP contribution in [0, 0.1) is 5.92 Å². The third-order valence-electron chi connectivity index (χ3n) is 4.06. The Labute approximate surface area is 149 Å². The molecular formula is C17H26Cl2N2O2. The highest BCUT2D eigenvalue weighted by molar-refractivity contribution is 6.34. The molecule has 0 saturated carbocycles. The molecule has 1 fully saturated rings. The quantitative estimate of drug-likeness (QED) is 0.787.